The molecular weight excluding hydrogens is 202 g/mol. The second-order valence-corrected chi connectivity index (χ2v) is 3.59. The molecule has 0 saturated carbocycles. The zero-order valence-electron chi connectivity index (χ0n) is 10.1. The topological polar surface area (TPSA) is 45.2 Å². The minimum atomic E-state index is -0.241. The van der Waals surface area contributed by atoms with Crippen LogP contribution in [0.4, 0.5) is 5.82 Å². The van der Waals surface area contributed by atoms with Crippen molar-refractivity contribution in [2.75, 3.05) is 18.4 Å². The summed E-state index contributed by atoms with van der Waals surface area (Å²) >= 11 is 0. The molecule has 0 spiro atoms. The van der Waals surface area contributed by atoms with Gasteiger partial charge in [-0.05, 0) is 32.9 Å². The van der Waals surface area contributed by atoms with Gasteiger partial charge in [0.15, 0.2) is 0 Å². The number of hydrogen-bond donors (Lipinski definition) is 1. The van der Waals surface area contributed by atoms with E-state index in [2.05, 4.69) is 10.3 Å². The maximum absolute atomic E-state index is 11.9. The number of likely N-dealkylation sites (N-methyl/N-ethyl adjacent to an activating group) is 1. The van der Waals surface area contributed by atoms with Crippen LogP contribution in [0.3, 0.4) is 0 Å². The van der Waals surface area contributed by atoms with Crippen molar-refractivity contribution in [1.29, 1.82) is 0 Å². The lowest BCUT2D eigenvalue weighted by atomic mass is 10.2. The highest BCUT2D eigenvalue weighted by atomic mass is 16.2. The summed E-state index contributed by atoms with van der Waals surface area (Å²) in [7, 11) is 0. The van der Waals surface area contributed by atoms with Crippen LogP contribution in [0.25, 0.3) is 0 Å². The van der Waals surface area contributed by atoms with E-state index in [0.29, 0.717) is 0 Å². The number of anilines is 1. The molecule has 1 aromatic rings. The third-order valence-electron chi connectivity index (χ3n) is 2.47. The molecule has 0 bridgehead atoms. The lowest BCUT2D eigenvalue weighted by molar-refractivity contribution is -0.131. The first-order valence-electron chi connectivity index (χ1n) is 5.65. The van der Waals surface area contributed by atoms with Crippen molar-refractivity contribution in [3.63, 3.8) is 0 Å². The molecular formula is C12H19N3O. The Morgan fingerprint density at radius 1 is 1.44 bits per heavy atom. The van der Waals surface area contributed by atoms with Crippen LogP contribution < -0.4 is 5.32 Å². The van der Waals surface area contributed by atoms with Crippen molar-refractivity contribution in [2.24, 2.45) is 0 Å². The molecule has 1 aromatic heterocycles. The number of carbonyl (C=O) groups is 1. The summed E-state index contributed by atoms with van der Waals surface area (Å²) in [5.74, 6) is 0.839. The van der Waals surface area contributed by atoms with Crippen molar-refractivity contribution >= 4 is 11.7 Å². The summed E-state index contributed by atoms with van der Waals surface area (Å²) in [4.78, 5) is 17.9. The maximum atomic E-state index is 11.9. The first-order chi connectivity index (χ1) is 7.69. The van der Waals surface area contributed by atoms with E-state index in [4.69, 9.17) is 0 Å². The first kappa shape index (κ1) is 12.5. The fraction of sp³-hybridized carbons (Fsp3) is 0.500. The van der Waals surface area contributed by atoms with Gasteiger partial charge in [0.25, 0.3) is 0 Å². The van der Waals surface area contributed by atoms with Crippen LogP contribution in [-0.2, 0) is 4.79 Å². The Labute approximate surface area is 96.7 Å². The highest BCUT2D eigenvalue weighted by Gasteiger charge is 2.17. The fourth-order valence-electron chi connectivity index (χ4n) is 1.54. The number of nitrogens with one attached hydrogen (secondary N) is 1. The van der Waals surface area contributed by atoms with Gasteiger partial charge in [-0.1, -0.05) is 6.07 Å². The van der Waals surface area contributed by atoms with Crippen LogP contribution >= 0.6 is 0 Å². The zero-order valence-corrected chi connectivity index (χ0v) is 10.1. The van der Waals surface area contributed by atoms with Gasteiger partial charge in [-0.25, -0.2) is 4.98 Å². The molecule has 1 amide bonds. The van der Waals surface area contributed by atoms with E-state index < -0.39 is 0 Å². The Morgan fingerprint density at radius 2 is 2.12 bits per heavy atom. The molecule has 0 aromatic carbocycles. The Balaban J connectivity index is 2.58. The van der Waals surface area contributed by atoms with E-state index in [1.54, 1.807) is 11.1 Å². The SMILES string of the molecule is CCN(CC)C(=O)C(C)Nc1ccccn1. The number of pyridine rings is 1. The van der Waals surface area contributed by atoms with Gasteiger partial charge in [-0.3, -0.25) is 4.79 Å². The summed E-state index contributed by atoms with van der Waals surface area (Å²) in [5.41, 5.74) is 0. The number of nitrogens with zero attached hydrogens (tertiary/aromatic N) is 2. The monoisotopic (exact) mass is 221 g/mol. The van der Waals surface area contributed by atoms with Gasteiger partial charge in [0.2, 0.25) is 5.91 Å². The summed E-state index contributed by atoms with van der Waals surface area (Å²) in [6.45, 7) is 7.30. The highest BCUT2D eigenvalue weighted by molar-refractivity contribution is 5.83. The molecule has 4 nitrogen and oxygen atoms in total. The predicted molar refractivity (Wildman–Crippen MR) is 65.2 cm³/mol. The van der Waals surface area contributed by atoms with E-state index in [9.17, 15) is 4.79 Å². The minimum Gasteiger partial charge on any atom is -0.359 e. The first-order valence-corrected chi connectivity index (χ1v) is 5.65. The molecule has 0 fully saturated rings. The summed E-state index contributed by atoms with van der Waals surface area (Å²) in [6, 6.07) is 5.35. The average molecular weight is 221 g/mol. The molecule has 0 saturated heterocycles. The second-order valence-electron chi connectivity index (χ2n) is 3.59. The number of aromatic nitrogens is 1. The molecule has 1 unspecified atom stereocenters. The van der Waals surface area contributed by atoms with E-state index in [-0.39, 0.29) is 11.9 Å². The Bertz CT molecular complexity index is 322. The van der Waals surface area contributed by atoms with Gasteiger partial charge < -0.3 is 10.2 Å². The maximum Gasteiger partial charge on any atom is 0.244 e. The third-order valence-corrected chi connectivity index (χ3v) is 2.47. The van der Waals surface area contributed by atoms with Crippen LogP contribution in [0.15, 0.2) is 24.4 Å². The molecule has 1 rings (SSSR count). The Morgan fingerprint density at radius 3 is 2.62 bits per heavy atom. The largest absolute Gasteiger partial charge is 0.359 e. The van der Waals surface area contributed by atoms with Gasteiger partial charge in [0.05, 0.1) is 0 Å². The van der Waals surface area contributed by atoms with Gasteiger partial charge in [0, 0.05) is 19.3 Å². The van der Waals surface area contributed by atoms with E-state index >= 15 is 0 Å². The normalized spacial score (nSPS) is 11.9. The summed E-state index contributed by atoms with van der Waals surface area (Å²) in [5, 5.41) is 3.09. The quantitative estimate of drug-likeness (QED) is 0.824. The molecule has 1 N–H and O–H groups in total. The molecule has 4 heteroatoms. The van der Waals surface area contributed by atoms with Crippen LogP contribution in [0.2, 0.25) is 0 Å². The lowest BCUT2D eigenvalue weighted by Gasteiger charge is -2.23. The van der Waals surface area contributed by atoms with Crippen molar-refractivity contribution in [1.82, 2.24) is 9.88 Å². The predicted octanol–water partition coefficient (Wildman–Crippen LogP) is 1.75. The molecule has 0 radical (unpaired) electrons. The van der Waals surface area contributed by atoms with Gasteiger partial charge in [0.1, 0.15) is 11.9 Å². The standard InChI is InChI=1S/C12H19N3O/c1-4-15(5-2)12(16)10(3)14-11-8-6-7-9-13-11/h6-10H,4-5H2,1-3H3,(H,13,14). The number of carbonyl (C=O) groups excluding carboxylic acids is 1. The highest BCUT2D eigenvalue weighted by Crippen LogP contribution is 2.04. The molecule has 1 heterocycles. The third kappa shape index (κ3) is 3.22. The van der Waals surface area contributed by atoms with E-state index in [1.165, 1.54) is 0 Å². The number of rotatable bonds is 5. The van der Waals surface area contributed by atoms with Crippen molar-refractivity contribution in [2.45, 2.75) is 26.8 Å². The van der Waals surface area contributed by atoms with Gasteiger partial charge in [-0.15, -0.1) is 0 Å². The number of amides is 1. The van der Waals surface area contributed by atoms with Crippen molar-refractivity contribution < 1.29 is 4.79 Å². The van der Waals surface area contributed by atoms with Crippen molar-refractivity contribution in [3.05, 3.63) is 24.4 Å². The van der Waals surface area contributed by atoms with Crippen LogP contribution in [0, 0.1) is 0 Å². The van der Waals surface area contributed by atoms with Crippen LogP contribution in [-0.4, -0.2) is 34.9 Å². The van der Waals surface area contributed by atoms with E-state index in [1.807, 2.05) is 39.0 Å². The lowest BCUT2D eigenvalue weighted by Crippen LogP contribution is -2.41. The van der Waals surface area contributed by atoms with Crippen LogP contribution in [0.5, 0.6) is 0 Å². The Kier molecular flexibility index (Phi) is 4.76. The van der Waals surface area contributed by atoms with Crippen molar-refractivity contribution in [3.8, 4) is 0 Å². The smallest absolute Gasteiger partial charge is 0.244 e. The molecule has 0 aliphatic carbocycles. The van der Waals surface area contributed by atoms with E-state index in [0.717, 1.165) is 18.9 Å². The van der Waals surface area contributed by atoms with Gasteiger partial charge >= 0.3 is 0 Å². The molecule has 88 valence electrons. The summed E-state index contributed by atoms with van der Waals surface area (Å²) < 4.78 is 0. The van der Waals surface area contributed by atoms with Crippen LogP contribution in [0.1, 0.15) is 20.8 Å². The average Bonchev–Trinajstić information content (AvgIpc) is 2.31. The zero-order chi connectivity index (χ0) is 12.0. The number of hydrogen-bond acceptors (Lipinski definition) is 3. The second kappa shape index (κ2) is 6.10. The van der Waals surface area contributed by atoms with Gasteiger partial charge in [-0.2, -0.15) is 0 Å². The summed E-state index contributed by atoms with van der Waals surface area (Å²) in [6.07, 6.45) is 1.71. The molecule has 16 heavy (non-hydrogen) atoms. The minimum absolute atomic E-state index is 0.107. The fourth-order valence-corrected chi connectivity index (χ4v) is 1.54. The molecule has 0 aliphatic heterocycles. The Hall–Kier alpha value is -1.58. The molecule has 1 atom stereocenters. The molecule has 0 aliphatic rings.